The van der Waals surface area contributed by atoms with Crippen molar-refractivity contribution >= 4 is 23.5 Å². The second-order valence-electron chi connectivity index (χ2n) is 7.96. The van der Waals surface area contributed by atoms with Crippen molar-refractivity contribution in [3.8, 4) is 5.75 Å². The summed E-state index contributed by atoms with van der Waals surface area (Å²) in [6, 6.07) is 7.59. The van der Waals surface area contributed by atoms with E-state index in [9.17, 15) is 22.8 Å². The summed E-state index contributed by atoms with van der Waals surface area (Å²) in [6.07, 6.45) is -3.69. The molecule has 2 amide bonds. The zero-order chi connectivity index (χ0) is 23.4. The number of carbonyl (C=O) groups is 3. The number of halogens is 3. The Morgan fingerprint density at radius 2 is 1.90 bits per heavy atom. The summed E-state index contributed by atoms with van der Waals surface area (Å²) in [7, 11) is 5.42. The minimum absolute atomic E-state index is 0.109. The summed E-state index contributed by atoms with van der Waals surface area (Å²) >= 11 is 0. The highest BCUT2D eigenvalue weighted by Crippen LogP contribution is 2.42. The minimum Gasteiger partial charge on any atom is -0.497 e. The van der Waals surface area contributed by atoms with E-state index in [1.165, 1.54) is 0 Å². The summed E-state index contributed by atoms with van der Waals surface area (Å²) in [5, 5.41) is 7.12. The maximum Gasteiger partial charge on any atom is 0.490 e. The number of aliphatic carboxylic acids is 1. The van der Waals surface area contributed by atoms with Crippen molar-refractivity contribution in [3.63, 3.8) is 0 Å². The number of likely N-dealkylation sites (tertiary alicyclic amines) is 1. The van der Waals surface area contributed by atoms with Gasteiger partial charge in [-0.15, -0.1) is 0 Å². The van der Waals surface area contributed by atoms with Gasteiger partial charge in [0, 0.05) is 43.2 Å². The molecule has 0 bridgehead atoms. The summed E-state index contributed by atoms with van der Waals surface area (Å²) in [4.78, 5) is 39.4. The van der Waals surface area contributed by atoms with E-state index in [2.05, 4.69) is 0 Å². The monoisotopic (exact) mass is 445 g/mol. The fourth-order valence-corrected chi connectivity index (χ4v) is 3.70. The number of carboxylic acid groups (broad SMARTS) is 1. The van der Waals surface area contributed by atoms with E-state index in [1.807, 2.05) is 53.1 Å². The standard InChI is InChI=1S/C18H25N3O3.C2HF3O2/c1-19(2)11-17(23)20-8-7-18(12-20)10-16(22)21(13-18)14-5-4-6-15(9-14)24-3;3-2(4,5)1(6)7/h4-6,9H,7-8,10-13H2,1-3H3;(H,6,7). The molecule has 0 saturated carbocycles. The summed E-state index contributed by atoms with van der Waals surface area (Å²) in [5.41, 5.74) is 0.761. The van der Waals surface area contributed by atoms with Crippen LogP contribution in [0.3, 0.4) is 0 Å². The highest BCUT2D eigenvalue weighted by atomic mass is 19.4. The van der Waals surface area contributed by atoms with Crippen LogP contribution in [0.2, 0.25) is 0 Å². The summed E-state index contributed by atoms with van der Waals surface area (Å²) in [6.45, 7) is 2.51. The first-order valence-electron chi connectivity index (χ1n) is 9.54. The summed E-state index contributed by atoms with van der Waals surface area (Å²) in [5.74, 6) is -1.74. The Bertz CT molecular complexity index is 831. The fourth-order valence-electron chi connectivity index (χ4n) is 3.70. The average Bonchev–Trinajstić information content (AvgIpc) is 3.24. The Labute approximate surface area is 178 Å². The van der Waals surface area contributed by atoms with Crippen molar-refractivity contribution in [2.75, 3.05) is 52.3 Å². The lowest BCUT2D eigenvalue weighted by molar-refractivity contribution is -0.192. The minimum atomic E-state index is -5.08. The number of alkyl halides is 3. The number of rotatable bonds is 4. The third kappa shape index (κ3) is 6.33. The number of hydrogen-bond acceptors (Lipinski definition) is 5. The largest absolute Gasteiger partial charge is 0.497 e. The van der Waals surface area contributed by atoms with E-state index >= 15 is 0 Å². The van der Waals surface area contributed by atoms with Crippen LogP contribution in [0.4, 0.5) is 18.9 Å². The van der Waals surface area contributed by atoms with Crippen LogP contribution in [-0.2, 0) is 14.4 Å². The van der Waals surface area contributed by atoms with Gasteiger partial charge in [0.1, 0.15) is 5.75 Å². The van der Waals surface area contributed by atoms with Crippen LogP contribution in [0.15, 0.2) is 24.3 Å². The number of carbonyl (C=O) groups excluding carboxylic acids is 2. The number of nitrogens with zero attached hydrogens (tertiary/aromatic N) is 3. The third-order valence-electron chi connectivity index (χ3n) is 5.17. The number of methoxy groups -OCH3 is 1. The molecule has 2 aliphatic heterocycles. The molecule has 0 aliphatic carbocycles. The Morgan fingerprint density at radius 1 is 1.26 bits per heavy atom. The Hall–Kier alpha value is -2.82. The highest BCUT2D eigenvalue weighted by molar-refractivity contribution is 5.96. The van der Waals surface area contributed by atoms with Gasteiger partial charge in [0.15, 0.2) is 0 Å². The molecule has 2 fully saturated rings. The molecule has 0 aromatic heterocycles. The van der Waals surface area contributed by atoms with Gasteiger partial charge in [-0.2, -0.15) is 13.2 Å². The van der Waals surface area contributed by atoms with Gasteiger partial charge >= 0.3 is 12.1 Å². The number of benzene rings is 1. The van der Waals surface area contributed by atoms with Gasteiger partial charge in [-0.1, -0.05) is 6.07 Å². The lowest BCUT2D eigenvalue weighted by Crippen LogP contribution is -2.38. The Kier molecular flexibility index (Phi) is 7.53. The lowest BCUT2D eigenvalue weighted by atomic mass is 9.86. The van der Waals surface area contributed by atoms with Gasteiger partial charge in [0.05, 0.1) is 13.7 Å². The van der Waals surface area contributed by atoms with Gasteiger partial charge in [-0.3, -0.25) is 9.59 Å². The van der Waals surface area contributed by atoms with Gasteiger partial charge in [0.25, 0.3) is 0 Å². The topological polar surface area (TPSA) is 90.4 Å². The molecule has 1 unspecified atom stereocenters. The number of hydrogen-bond donors (Lipinski definition) is 1. The van der Waals surface area contributed by atoms with Gasteiger partial charge < -0.3 is 24.5 Å². The fraction of sp³-hybridized carbons (Fsp3) is 0.550. The average molecular weight is 445 g/mol. The molecule has 1 aromatic rings. The van der Waals surface area contributed by atoms with Crippen molar-refractivity contribution in [1.29, 1.82) is 0 Å². The number of ether oxygens (including phenoxy) is 1. The summed E-state index contributed by atoms with van der Waals surface area (Å²) < 4.78 is 37.0. The molecule has 0 radical (unpaired) electrons. The molecule has 1 spiro atoms. The van der Waals surface area contributed by atoms with Gasteiger partial charge in [-0.25, -0.2) is 4.79 Å². The van der Waals surface area contributed by atoms with Crippen LogP contribution in [-0.4, -0.2) is 86.3 Å². The maximum atomic E-state index is 12.6. The molecule has 1 atom stereocenters. The van der Waals surface area contributed by atoms with Crippen LogP contribution >= 0.6 is 0 Å². The number of amides is 2. The van der Waals surface area contributed by atoms with Crippen LogP contribution in [0.25, 0.3) is 0 Å². The predicted octanol–water partition coefficient (Wildman–Crippen LogP) is 1.85. The third-order valence-corrected chi connectivity index (χ3v) is 5.17. The van der Waals surface area contributed by atoms with Crippen LogP contribution in [0.1, 0.15) is 12.8 Å². The lowest BCUT2D eigenvalue weighted by Gasteiger charge is -2.25. The van der Waals surface area contributed by atoms with Crippen molar-refractivity contribution < 1.29 is 37.4 Å². The number of likely N-dealkylation sites (N-methyl/N-ethyl adjacent to an activating group) is 1. The molecule has 3 rings (SSSR count). The molecule has 31 heavy (non-hydrogen) atoms. The first kappa shape index (κ1) is 24.4. The van der Waals surface area contributed by atoms with E-state index in [0.717, 1.165) is 24.4 Å². The zero-order valence-electron chi connectivity index (χ0n) is 17.6. The molecule has 2 heterocycles. The first-order chi connectivity index (χ1) is 14.4. The number of anilines is 1. The Balaban J connectivity index is 0.000000423. The molecular weight excluding hydrogens is 419 g/mol. The second kappa shape index (κ2) is 9.54. The zero-order valence-corrected chi connectivity index (χ0v) is 17.6. The van der Waals surface area contributed by atoms with E-state index < -0.39 is 12.1 Å². The molecule has 2 aliphatic rings. The van der Waals surface area contributed by atoms with Gasteiger partial charge in [0.2, 0.25) is 11.8 Å². The van der Waals surface area contributed by atoms with Crippen LogP contribution in [0.5, 0.6) is 5.75 Å². The maximum absolute atomic E-state index is 12.6. The van der Waals surface area contributed by atoms with Crippen molar-refractivity contribution in [1.82, 2.24) is 9.80 Å². The molecule has 1 N–H and O–H groups in total. The van der Waals surface area contributed by atoms with E-state index in [4.69, 9.17) is 14.6 Å². The van der Waals surface area contributed by atoms with Crippen molar-refractivity contribution in [3.05, 3.63) is 24.3 Å². The Morgan fingerprint density at radius 3 is 2.45 bits per heavy atom. The second-order valence-corrected chi connectivity index (χ2v) is 7.96. The normalized spacial score (nSPS) is 20.8. The molecule has 1 aromatic carbocycles. The van der Waals surface area contributed by atoms with Crippen molar-refractivity contribution in [2.45, 2.75) is 19.0 Å². The smallest absolute Gasteiger partial charge is 0.490 e. The molecular formula is C20H26F3N3O5. The quantitative estimate of drug-likeness (QED) is 0.761. The molecule has 11 heteroatoms. The molecule has 2 saturated heterocycles. The molecule has 8 nitrogen and oxygen atoms in total. The van der Waals surface area contributed by atoms with E-state index in [0.29, 0.717) is 26.1 Å². The van der Waals surface area contributed by atoms with Crippen LogP contribution in [0, 0.1) is 5.41 Å². The first-order valence-corrected chi connectivity index (χ1v) is 9.54. The van der Waals surface area contributed by atoms with Crippen LogP contribution < -0.4 is 9.64 Å². The molecule has 172 valence electrons. The number of carboxylic acids is 1. The highest BCUT2D eigenvalue weighted by Gasteiger charge is 2.48. The SMILES string of the molecule is COc1cccc(N2CC3(CCN(C(=O)CN(C)C)C3)CC2=O)c1.O=C(O)C(F)(F)F. The van der Waals surface area contributed by atoms with Crippen molar-refractivity contribution in [2.24, 2.45) is 5.41 Å². The predicted molar refractivity (Wildman–Crippen MR) is 106 cm³/mol. The van der Waals surface area contributed by atoms with E-state index in [1.54, 1.807) is 7.11 Å². The van der Waals surface area contributed by atoms with E-state index in [-0.39, 0.29) is 17.2 Å². The van der Waals surface area contributed by atoms with Gasteiger partial charge in [-0.05, 0) is 32.6 Å².